The average Bonchev–Trinajstić information content (AvgIpc) is 2.18. The van der Waals surface area contributed by atoms with Crippen molar-refractivity contribution in [1.29, 1.82) is 0 Å². The number of hydrogen-bond acceptors (Lipinski definition) is 3. The molecule has 0 aliphatic rings. The molecule has 1 atom stereocenters. The van der Waals surface area contributed by atoms with E-state index < -0.39 is 12.5 Å². The minimum atomic E-state index is -2.42. The Labute approximate surface area is 81.1 Å². The van der Waals surface area contributed by atoms with Crippen molar-refractivity contribution in [2.75, 3.05) is 12.4 Å². The van der Waals surface area contributed by atoms with Crippen LogP contribution < -0.4 is 10.1 Å². The third-order valence-corrected chi connectivity index (χ3v) is 1.73. The van der Waals surface area contributed by atoms with Crippen molar-refractivity contribution >= 4 is 5.69 Å². The molecule has 14 heavy (non-hydrogen) atoms. The predicted octanol–water partition coefficient (Wildman–Crippen LogP) is 2.16. The molecular weight excluding hydrogens is 190 g/mol. The Morgan fingerprint density at radius 2 is 2.21 bits per heavy atom. The third-order valence-electron chi connectivity index (χ3n) is 1.73. The monoisotopic (exact) mass is 202 g/mol. The van der Waals surface area contributed by atoms with E-state index in [0.29, 0.717) is 11.6 Å². The van der Waals surface area contributed by atoms with Crippen LogP contribution in [0, 0.1) is 0 Å². The molecule has 1 aromatic rings. The zero-order valence-corrected chi connectivity index (χ0v) is 8.00. The van der Waals surface area contributed by atoms with Gasteiger partial charge in [-0.15, -0.1) is 0 Å². The number of halogens is 2. The van der Waals surface area contributed by atoms with E-state index in [0.717, 1.165) is 0 Å². The van der Waals surface area contributed by atoms with E-state index >= 15 is 0 Å². The Balaban J connectivity index is 2.75. The highest BCUT2D eigenvalue weighted by atomic mass is 19.3. The summed E-state index contributed by atoms with van der Waals surface area (Å²) in [7, 11) is 1.44. The summed E-state index contributed by atoms with van der Waals surface area (Å²) in [5.41, 5.74) is 0.475. The highest BCUT2D eigenvalue weighted by Crippen LogP contribution is 2.21. The Morgan fingerprint density at radius 3 is 2.79 bits per heavy atom. The molecule has 1 heterocycles. The SMILES string of the molecule is COc1ncccc1NC(C)C(F)F. The fraction of sp³-hybridized carbons (Fsp3) is 0.444. The molecule has 0 aliphatic carbocycles. The molecule has 0 aliphatic heterocycles. The van der Waals surface area contributed by atoms with E-state index in [-0.39, 0.29) is 0 Å². The molecule has 1 rings (SSSR count). The second-order valence-corrected chi connectivity index (χ2v) is 2.83. The van der Waals surface area contributed by atoms with E-state index in [2.05, 4.69) is 10.3 Å². The van der Waals surface area contributed by atoms with Crippen LogP contribution in [0.1, 0.15) is 6.92 Å². The molecular formula is C9H12F2N2O. The number of alkyl halides is 2. The van der Waals surface area contributed by atoms with Crippen molar-refractivity contribution in [2.45, 2.75) is 19.4 Å². The first-order valence-corrected chi connectivity index (χ1v) is 4.19. The smallest absolute Gasteiger partial charge is 0.258 e. The van der Waals surface area contributed by atoms with Crippen molar-refractivity contribution in [3.05, 3.63) is 18.3 Å². The van der Waals surface area contributed by atoms with Crippen molar-refractivity contribution in [2.24, 2.45) is 0 Å². The molecule has 0 amide bonds. The van der Waals surface area contributed by atoms with E-state index in [1.54, 1.807) is 12.1 Å². The number of aromatic nitrogens is 1. The van der Waals surface area contributed by atoms with Crippen LogP contribution in [0.5, 0.6) is 5.88 Å². The number of nitrogens with one attached hydrogen (secondary N) is 1. The summed E-state index contributed by atoms with van der Waals surface area (Å²) in [6, 6.07) is 2.38. The largest absolute Gasteiger partial charge is 0.480 e. The maximum atomic E-state index is 12.2. The lowest BCUT2D eigenvalue weighted by molar-refractivity contribution is 0.130. The summed E-state index contributed by atoms with van der Waals surface area (Å²) < 4.78 is 29.4. The van der Waals surface area contributed by atoms with Crippen LogP contribution in [-0.4, -0.2) is 24.6 Å². The van der Waals surface area contributed by atoms with Gasteiger partial charge < -0.3 is 10.1 Å². The standard InChI is InChI=1S/C9H12F2N2O/c1-6(8(10)11)13-7-4-3-5-12-9(7)14-2/h3-6,8,13H,1-2H3. The lowest BCUT2D eigenvalue weighted by atomic mass is 10.3. The van der Waals surface area contributed by atoms with Gasteiger partial charge in [0.05, 0.1) is 18.8 Å². The molecule has 5 heteroatoms. The molecule has 0 spiro atoms. The number of anilines is 1. The van der Waals surface area contributed by atoms with Crippen molar-refractivity contribution < 1.29 is 13.5 Å². The van der Waals surface area contributed by atoms with Gasteiger partial charge in [0.1, 0.15) is 0 Å². The van der Waals surface area contributed by atoms with Gasteiger partial charge in [0.15, 0.2) is 0 Å². The summed E-state index contributed by atoms with van der Waals surface area (Å²) in [6.45, 7) is 1.40. The van der Waals surface area contributed by atoms with Crippen LogP contribution in [0.4, 0.5) is 14.5 Å². The van der Waals surface area contributed by atoms with Gasteiger partial charge in [-0.25, -0.2) is 13.8 Å². The summed E-state index contributed by atoms with van der Waals surface area (Å²) in [5, 5.41) is 2.62. The molecule has 1 unspecified atom stereocenters. The molecule has 0 saturated carbocycles. The fourth-order valence-electron chi connectivity index (χ4n) is 0.972. The zero-order valence-electron chi connectivity index (χ0n) is 8.00. The van der Waals surface area contributed by atoms with Crippen LogP contribution in [0.2, 0.25) is 0 Å². The number of rotatable bonds is 4. The average molecular weight is 202 g/mol. The Kier molecular flexibility index (Phi) is 3.62. The van der Waals surface area contributed by atoms with Crippen LogP contribution in [-0.2, 0) is 0 Å². The van der Waals surface area contributed by atoms with E-state index in [1.807, 2.05) is 0 Å². The van der Waals surface area contributed by atoms with Crippen molar-refractivity contribution in [3.8, 4) is 5.88 Å². The van der Waals surface area contributed by atoms with Crippen molar-refractivity contribution in [3.63, 3.8) is 0 Å². The van der Waals surface area contributed by atoms with E-state index in [4.69, 9.17) is 4.74 Å². The first kappa shape index (κ1) is 10.7. The quantitative estimate of drug-likeness (QED) is 0.812. The number of methoxy groups -OCH3 is 1. The van der Waals surface area contributed by atoms with E-state index in [9.17, 15) is 8.78 Å². The molecule has 0 fully saturated rings. The highest BCUT2D eigenvalue weighted by molar-refractivity contribution is 5.52. The minimum absolute atomic E-state index is 0.319. The molecule has 0 aromatic carbocycles. The lowest BCUT2D eigenvalue weighted by Gasteiger charge is -2.15. The summed E-state index contributed by atoms with van der Waals surface area (Å²) in [5.74, 6) is 0.319. The maximum Gasteiger partial charge on any atom is 0.258 e. The maximum absolute atomic E-state index is 12.2. The molecule has 0 saturated heterocycles. The topological polar surface area (TPSA) is 34.1 Å². The third kappa shape index (κ3) is 2.55. The van der Waals surface area contributed by atoms with Crippen LogP contribution in [0.25, 0.3) is 0 Å². The van der Waals surface area contributed by atoms with Gasteiger partial charge in [-0.2, -0.15) is 0 Å². The first-order chi connectivity index (χ1) is 6.65. The lowest BCUT2D eigenvalue weighted by Crippen LogP contribution is -2.24. The molecule has 0 bridgehead atoms. The molecule has 0 radical (unpaired) electrons. The van der Waals surface area contributed by atoms with Gasteiger partial charge in [-0.05, 0) is 19.1 Å². The Morgan fingerprint density at radius 1 is 1.50 bits per heavy atom. The minimum Gasteiger partial charge on any atom is -0.480 e. The summed E-state index contributed by atoms with van der Waals surface area (Å²) >= 11 is 0. The number of hydrogen-bond donors (Lipinski definition) is 1. The van der Waals surface area contributed by atoms with Gasteiger partial charge in [-0.3, -0.25) is 0 Å². The van der Waals surface area contributed by atoms with Crippen LogP contribution >= 0.6 is 0 Å². The fourth-order valence-corrected chi connectivity index (χ4v) is 0.972. The molecule has 3 nitrogen and oxygen atoms in total. The molecule has 1 aromatic heterocycles. The zero-order chi connectivity index (χ0) is 10.6. The number of pyridine rings is 1. The molecule has 1 N–H and O–H groups in total. The Bertz CT molecular complexity index is 294. The van der Waals surface area contributed by atoms with Gasteiger partial charge in [0, 0.05) is 6.20 Å². The van der Waals surface area contributed by atoms with E-state index in [1.165, 1.54) is 20.2 Å². The van der Waals surface area contributed by atoms with Crippen LogP contribution in [0.15, 0.2) is 18.3 Å². The number of ether oxygens (including phenoxy) is 1. The molecule has 78 valence electrons. The predicted molar refractivity (Wildman–Crippen MR) is 49.9 cm³/mol. The van der Waals surface area contributed by atoms with Gasteiger partial charge in [-0.1, -0.05) is 0 Å². The van der Waals surface area contributed by atoms with Crippen LogP contribution in [0.3, 0.4) is 0 Å². The van der Waals surface area contributed by atoms with Crippen molar-refractivity contribution in [1.82, 2.24) is 4.98 Å². The Hall–Kier alpha value is -1.39. The second-order valence-electron chi connectivity index (χ2n) is 2.83. The number of nitrogens with zero attached hydrogens (tertiary/aromatic N) is 1. The van der Waals surface area contributed by atoms with Gasteiger partial charge >= 0.3 is 0 Å². The highest BCUT2D eigenvalue weighted by Gasteiger charge is 2.15. The second kappa shape index (κ2) is 4.74. The van der Waals surface area contributed by atoms with Gasteiger partial charge in [0.2, 0.25) is 5.88 Å². The first-order valence-electron chi connectivity index (χ1n) is 4.19. The summed E-state index contributed by atoms with van der Waals surface area (Å²) in [4.78, 5) is 3.88. The normalized spacial score (nSPS) is 12.6. The summed E-state index contributed by atoms with van der Waals surface area (Å²) in [6.07, 6.45) is -0.878. The van der Waals surface area contributed by atoms with Gasteiger partial charge in [0.25, 0.3) is 6.43 Å².